The Bertz CT molecular complexity index is 713. The van der Waals surface area contributed by atoms with E-state index in [0.717, 1.165) is 56.6 Å². The standard InChI is InChI=1S/C19H28N4O/c1-14-11-15(2)16-13-18(21-17(16)12-14)19(24)20-5-4-6-23-9-7-22(3)8-10-23/h11-13,21H,4-10H2,1-3H3,(H,20,24). The van der Waals surface area contributed by atoms with Crippen LogP contribution >= 0.6 is 0 Å². The molecule has 1 saturated heterocycles. The lowest BCUT2D eigenvalue weighted by molar-refractivity contribution is 0.0945. The van der Waals surface area contributed by atoms with Crippen LogP contribution in [0.5, 0.6) is 0 Å². The smallest absolute Gasteiger partial charge is 0.267 e. The maximum atomic E-state index is 12.3. The molecule has 5 heteroatoms. The van der Waals surface area contributed by atoms with Gasteiger partial charge in [0.2, 0.25) is 0 Å². The molecular weight excluding hydrogens is 300 g/mol. The van der Waals surface area contributed by atoms with Gasteiger partial charge in [-0.3, -0.25) is 4.79 Å². The van der Waals surface area contributed by atoms with Crippen molar-refractivity contribution in [2.75, 3.05) is 46.3 Å². The molecule has 0 bridgehead atoms. The van der Waals surface area contributed by atoms with E-state index in [2.05, 4.69) is 53.1 Å². The Balaban J connectivity index is 1.49. The van der Waals surface area contributed by atoms with Gasteiger partial charge in [0.05, 0.1) is 0 Å². The quantitative estimate of drug-likeness (QED) is 0.827. The Kier molecular flexibility index (Phi) is 5.21. The zero-order chi connectivity index (χ0) is 17.1. The number of piperazine rings is 1. The number of rotatable bonds is 5. The highest BCUT2D eigenvalue weighted by Crippen LogP contribution is 2.21. The van der Waals surface area contributed by atoms with Crippen molar-refractivity contribution >= 4 is 16.8 Å². The SMILES string of the molecule is Cc1cc(C)c2cc(C(=O)NCCCN3CCN(C)CC3)[nH]c2c1. The molecule has 1 fully saturated rings. The summed E-state index contributed by atoms with van der Waals surface area (Å²) in [5.74, 6) is -0.0124. The van der Waals surface area contributed by atoms with E-state index < -0.39 is 0 Å². The van der Waals surface area contributed by atoms with E-state index in [1.54, 1.807) is 0 Å². The first-order chi connectivity index (χ1) is 11.5. The lowest BCUT2D eigenvalue weighted by atomic mass is 10.1. The number of aromatic nitrogens is 1. The molecular formula is C19H28N4O. The van der Waals surface area contributed by atoms with E-state index in [0.29, 0.717) is 5.69 Å². The number of nitrogens with zero attached hydrogens (tertiary/aromatic N) is 2. The van der Waals surface area contributed by atoms with Crippen LogP contribution in [0.25, 0.3) is 10.9 Å². The minimum atomic E-state index is -0.0124. The average Bonchev–Trinajstić information content (AvgIpc) is 2.97. The van der Waals surface area contributed by atoms with Crippen LogP contribution in [-0.2, 0) is 0 Å². The Morgan fingerprint density at radius 3 is 2.67 bits per heavy atom. The minimum absolute atomic E-state index is 0.0124. The van der Waals surface area contributed by atoms with Gasteiger partial charge in [-0.15, -0.1) is 0 Å². The summed E-state index contributed by atoms with van der Waals surface area (Å²) in [5, 5.41) is 4.16. The molecule has 1 aliphatic heterocycles. The maximum absolute atomic E-state index is 12.3. The van der Waals surface area contributed by atoms with Gasteiger partial charge in [-0.1, -0.05) is 6.07 Å². The van der Waals surface area contributed by atoms with Gasteiger partial charge in [0.25, 0.3) is 5.91 Å². The summed E-state index contributed by atoms with van der Waals surface area (Å²) in [6.45, 7) is 10.5. The lowest BCUT2D eigenvalue weighted by Gasteiger charge is -2.32. The molecule has 1 aromatic heterocycles. The molecule has 0 unspecified atom stereocenters. The number of fused-ring (bicyclic) bond motifs is 1. The fourth-order valence-corrected chi connectivity index (χ4v) is 3.39. The van der Waals surface area contributed by atoms with Crippen molar-refractivity contribution in [1.29, 1.82) is 0 Å². The van der Waals surface area contributed by atoms with Crippen LogP contribution in [0.1, 0.15) is 28.0 Å². The summed E-state index contributed by atoms with van der Waals surface area (Å²) in [6.07, 6.45) is 0.994. The van der Waals surface area contributed by atoms with Gasteiger partial charge in [-0.05, 0) is 57.1 Å². The normalized spacial score (nSPS) is 16.6. The molecule has 0 radical (unpaired) electrons. The number of carbonyl (C=O) groups excluding carboxylic acids is 1. The van der Waals surface area contributed by atoms with Gasteiger partial charge < -0.3 is 20.1 Å². The second-order valence-corrected chi connectivity index (χ2v) is 6.98. The van der Waals surface area contributed by atoms with Gasteiger partial charge in [0.15, 0.2) is 0 Å². The van der Waals surface area contributed by atoms with Gasteiger partial charge in [-0.2, -0.15) is 0 Å². The van der Waals surface area contributed by atoms with Crippen molar-refractivity contribution in [2.45, 2.75) is 20.3 Å². The van der Waals surface area contributed by atoms with Gasteiger partial charge in [-0.25, -0.2) is 0 Å². The van der Waals surface area contributed by atoms with Crippen LogP contribution in [0.3, 0.4) is 0 Å². The zero-order valence-corrected chi connectivity index (χ0v) is 15.0. The number of benzene rings is 1. The fourth-order valence-electron chi connectivity index (χ4n) is 3.39. The molecule has 130 valence electrons. The Morgan fingerprint density at radius 2 is 1.92 bits per heavy atom. The molecule has 2 N–H and O–H groups in total. The third kappa shape index (κ3) is 3.97. The van der Waals surface area contributed by atoms with E-state index in [1.807, 2.05) is 6.07 Å². The predicted octanol–water partition coefficient (Wildman–Crippen LogP) is 2.15. The molecule has 2 heterocycles. The number of nitrogens with one attached hydrogen (secondary N) is 2. The van der Waals surface area contributed by atoms with Gasteiger partial charge in [0, 0.05) is 43.6 Å². The van der Waals surface area contributed by atoms with Crippen LogP contribution < -0.4 is 5.32 Å². The van der Waals surface area contributed by atoms with E-state index in [1.165, 1.54) is 11.1 Å². The molecule has 0 spiro atoms. The van der Waals surface area contributed by atoms with Crippen molar-refractivity contribution in [3.8, 4) is 0 Å². The molecule has 2 aromatic rings. The van der Waals surface area contributed by atoms with Crippen LogP contribution in [-0.4, -0.2) is 67.0 Å². The molecule has 24 heavy (non-hydrogen) atoms. The van der Waals surface area contributed by atoms with Crippen molar-refractivity contribution in [3.63, 3.8) is 0 Å². The van der Waals surface area contributed by atoms with Crippen LogP contribution in [0.2, 0.25) is 0 Å². The molecule has 3 rings (SSSR count). The Morgan fingerprint density at radius 1 is 1.17 bits per heavy atom. The molecule has 0 saturated carbocycles. The van der Waals surface area contributed by atoms with E-state index >= 15 is 0 Å². The van der Waals surface area contributed by atoms with E-state index in [4.69, 9.17) is 0 Å². The largest absolute Gasteiger partial charge is 0.351 e. The van der Waals surface area contributed by atoms with Crippen LogP contribution in [0.4, 0.5) is 0 Å². The van der Waals surface area contributed by atoms with Crippen LogP contribution in [0, 0.1) is 13.8 Å². The van der Waals surface area contributed by atoms with Crippen molar-refractivity contribution in [1.82, 2.24) is 20.1 Å². The predicted molar refractivity (Wildman–Crippen MR) is 98.7 cm³/mol. The first kappa shape index (κ1) is 17.0. The van der Waals surface area contributed by atoms with E-state index in [9.17, 15) is 4.79 Å². The summed E-state index contributed by atoms with van der Waals surface area (Å²) in [7, 11) is 2.17. The Labute approximate surface area is 144 Å². The summed E-state index contributed by atoms with van der Waals surface area (Å²) in [4.78, 5) is 20.4. The number of aryl methyl sites for hydroxylation is 2. The Hall–Kier alpha value is -1.85. The van der Waals surface area contributed by atoms with Crippen molar-refractivity contribution in [2.24, 2.45) is 0 Å². The first-order valence-corrected chi connectivity index (χ1v) is 8.82. The fraction of sp³-hybridized carbons (Fsp3) is 0.526. The van der Waals surface area contributed by atoms with Gasteiger partial charge in [0.1, 0.15) is 5.69 Å². The number of hydrogen-bond donors (Lipinski definition) is 2. The number of aromatic amines is 1. The third-order valence-corrected chi connectivity index (χ3v) is 4.87. The summed E-state index contributed by atoms with van der Waals surface area (Å²) < 4.78 is 0. The van der Waals surface area contributed by atoms with Gasteiger partial charge >= 0.3 is 0 Å². The van der Waals surface area contributed by atoms with E-state index in [-0.39, 0.29) is 5.91 Å². The number of likely N-dealkylation sites (N-methyl/N-ethyl adjacent to an activating group) is 1. The monoisotopic (exact) mass is 328 g/mol. The average molecular weight is 328 g/mol. The highest BCUT2D eigenvalue weighted by atomic mass is 16.1. The summed E-state index contributed by atoms with van der Waals surface area (Å²) in [5.41, 5.74) is 4.10. The number of hydrogen-bond acceptors (Lipinski definition) is 3. The topological polar surface area (TPSA) is 51.4 Å². The zero-order valence-electron chi connectivity index (χ0n) is 15.0. The molecule has 0 atom stereocenters. The second kappa shape index (κ2) is 7.36. The number of H-pyrrole nitrogens is 1. The van der Waals surface area contributed by atoms with Crippen molar-refractivity contribution < 1.29 is 4.79 Å². The van der Waals surface area contributed by atoms with Crippen LogP contribution in [0.15, 0.2) is 18.2 Å². The number of carbonyl (C=O) groups is 1. The highest BCUT2D eigenvalue weighted by Gasteiger charge is 2.14. The van der Waals surface area contributed by atoms with Crippen molar-refractivity contribution in [3.05, 3.63) is 35.0 Å². The third-order valence-electron chi connectivity index (χ3n) is 4.87. The molecule has 0 aliphatic carbocycles. The number of amides is 1. The molecule has 5 nitrogen and oxygen atoms in total. The maximum Gasteiger partial charge on any atom is 0.267 e. The molecule has 1 aromatic carbocycles. The molecule has 1 aliphatic rings. The second-order valence-electron chi connectivity index (χ2n) is 6.98. The minimum Gasteiger partial charge on any atom is -0.351 e. The first-order valence-electron chi connectivity index (χ1n) is 8.82. The highest BCUT2D eigenvalue weighted by molar-refractivity contribution is 5.98. The summed E-state index contributed by atoms with van der Waals surface area (Å²) >= 11 is 0. The lowest BCUT2D eigenvalue weighted by Crippen LogP contribution is -2.45. The molecule has 1 amide bonds. The summed E-state index contributed by atoms with van der Waals surface area (Å²) in [6, 6.07) is 6.19.